The van der Waals surface area contributed by atoms with Crippen LogP contribution in [0.1, 0.15) is 22.7 Å². The summed E-state index contributed by atoms with van der Waals surface area (Å²) in [4.78, 5) is 38.6. The maximum atomic E-state index is 12.3. The van der Waals surface area contributed by atoms with Crippen LogP contribution in [0.5, 0.6) is 0 Å². The lowest BCUT2D eigenvalue weighted by atomic mass is 10.2. The number of rotatable bonds is 7. The fraction of sp³-hybridized carbons (Fsp3) is 0.435. The predicted octanol–water partition coefficient (Wildman–Crippen LogP) is 2.47. The number of hydrogen-bond donors (Lipinski definition) is 2. The van der Waals surface area contributed by atoms with Crippen LogP contribution < -0.4 is 15.8 Å². The Morgan fingerprint density at radius 2 is 1.90 bits per heavy atom. The number of H-pyrrole nitrogens is 1. The number of amides is 1. The zero-order valence-electron chi connectivity index (χ0n) is 18.1. The largest absolute Gasteiger partial charge is 0.369 e. The molecule has 2 N–H and O–H groups in total. The molecule has 0 spiro atoms. The monoisotopic (exact) mass is 439 g/mol. The summed E-state index contributed by atoms with van der Waals surface area (Å²) >= 11 is 1.53. The van der Waals surface area contributed by atoms with Crippen LogP contribution >= 0.6 is 11.3 Å². The first-order chi connectivity index (χ1) is 15.0. The van der Waals surface area contributed by atoms with Gasteiger partial charge in [0, 0.05) is 62.7 Å². The summed E-state index contributed by atoms with van der Waals surface area (Å²) in [6, 6.07) is 10.5. The number of benzene rings is 1. The fourth-order valence-electron chi connectivity index (χ4n) is 3.96. The minimum atomic E-state index is -0.114. The summed E-state index contributed by atoms with van der Waals surface area (Å²) in [7, 11) is 0. The van der Waals surface area contributed by atoms with Gasteiger partial charge < -0.3 is 15.2 Å². The number of anilines is 1. The number of piperazine rings is 1. The lowest BCUT2D eigenvalue weighted by Crippen LogP contribution is -2.48. The first-order valence-electron chi connectivity index (χ1n) is 10.8. The van der Waals surface area contributed by atoms with Crippen molar-refractivity contribution in [2.45, 2.75) is 26.7 Å². The predicted molar refractivity (Wildman–Crippen MR) is 126 cm³/mol. The second-order valence-electron chi connectivity index (χ2n) is 7.99. The highest BCUT2D eigenvalue weighted by Gasteiger charge is 2.17. The fourth-order valence-corrected chi connectivity index (χ4v) is 5.01. The number of nitrogens with zero attached hydrogens (tertiary/aromatic N) is 3. The first-order valence-corrected chi connectivity index (χ1v) is 11.6. The van der Waals surface area contributed by atoms with Gasteiger partial charge in [0.05, 0.1) is 5.39 Å². The van der Waals surface area contributed by atoms with Crippen LogP contribution in [-0.4, -0.2) is 60.0 Å². The van der Waals surface area contributed by atoms with Crippen molar-refractivity contribution in [3.05, 3.63) is 57.0 Å². The summed E-state index contributed by atoms with van der Waals surface area (Å²) in [5, 5.41) is 3.67. The number of aromatic amines is 1. The van der Waals surface area contributed by atoms with E-state index in [2.05, 4.69) is 49.4 Å². The van der Waals surface area contributed by atoms with Crippen LogP contribution in [0.15, 0.2) is 35.1 Å². The smallest absolute Gasteiger partial charge is 0.259 e. The van der Waals surface area contributed by atoms with Gasteiger partial charge in [0.15, 0.2) is 0 Å². The average molecular weight is 440 g/mol. The van der Waals surface area contributed by atoms with Crippen LogP contribution in [0, 0.1) is 13.8 Å². The third kappa shape index (κ3) is 5.14. The van der Waals surface area contributed by atoms with Crippen molar-refractivity contribution in [1.29, 1.82) is 0 Å². The highest BCUT2D eigenvalue weighted by Crippen LogP contribution is 2.25. The summed E-state index contributed by atoms with van der Waals surface area (Å²) in [5.74, 6) is 0.565. The lowest BCUT2D eigenvalue weighted by molar-refractivity contribution is -0.121. The summed E-state index contributed by atoms with van der Waals surface area (Å²) < 4.78 is 0. The normalized spacial score (nSPS) is 14.8. The van der Waals surface area contributed by atoms with E-state index in [9.17, 15) is 9.59 Å². The van der Waals surface area contributed by atoms with Crippen molar-refractivity contribution in [2.75, 3.05) is 44.2 Å². The molecule has 1 aromatic carbocycles. The molecule has 4 rings (SSSR count). The highest BCUT2D eigenvalue weighted by atomic mass is 32.1. The minimum Gasteiger partial charge on any atom is -0.369 e. The number of aryl methyl sites for hydroxylation is 3. The number of hydrogen-bond acceptors (Lipinski definition) is 6. The van der Waals surface area contributed by atoms with Crippen molar-refractivity contribution in [3.8, 4) is 0 Å². The van der Waals surface area contributed by atoms with Crippen molar-refractivity contribution in [2.24, 2.45) is 0 Å². The zero-order chi connectivity index (χ0) is 21.8. The number of fused-ring (bicyclic) bond motifs is 1. The Balaban J connectivity index is 1.19. The number of carbonyl (C=O) groups excluding carboxylic acids is 1. The quantitative estimate of drug-likeness (QED) is 0.591. The molecule has 8 heteroatoms. The first kappa shape index (κ1) is 21.5. The van der Waals surface area contributed by atoms with E-state index in [4.69, 9.17) is 0 Å². The molecular weight excluding hydrogens is 410 g/mol. The van der Waals surface area contributed by atoms with Gasteiger partial charge in [-0.3, -0.25) is 14.5 Å². The van der Waals surface area contributed by atoms with E-state index in [1.54, 1.807) is 0 Å². The van der Waals surface area contributed by atoms with E-state index in [0.717, 1.165) is 48.0 Å². The number of thiophene rings is 1. The molecule has 1 aliphatic rings. The topological polar surface area (TPSA) is 81.3 Å². The van der Waals surface area contributed by atoms with Gasteiger partial charge in [-0.15, -0.1) is 11.3 Å². The Morgan fingerprint density at radius 3 is 2.65 bits per heavy atom. The molecule has 0 aliphatic carbocycles. The van der Waals surface area contributed by atoms with E-state index in [0.29, 0.717) is 30.6 Å². The average Bonchev–Trinajstić information content (AvgIpc) is 3.07. The molecule has 1 fully saturated rings. The third-order valence-electron chi connectivity index (χ3n) is 5.92. The molecular formula is C23H29N5O2S. The molecule has 2 aromatic heterocycles. The summed E-state index contributed by atoms with van der Waals surface area (Å²) in [6.45, 7) is 9.42. The van der Waals surface area contributed by atoms with E-state index >= 15 is 0 Å². The Kier molecular flexibility index (Phi) is 6.67. The van der Waals surface area contributed by atoms with Gasteiger partial charge in [-0.05, 0) is 31.5 Å². The van der Waals surface area contributed by atoms with Gasteiger partial charge in [-0.25, -0.2) is 4.98 Å². The Morgan fingerprint density at radius 1 is 1.16 bits per heavy atom. The maximum Gasteiger partial charge on any atom is 0.259 e. The van der Waals surface area contributed by atoms with Gasteiger partial charge in [0.1, 0.15) is 10.7 Å². The maximum absolute atomic E-state index is 12.3. The summed E-state index contributed by atoms with van der Waals surface area (Å²) in [6.07, 6.45) is 0.752. The second-order valence-corrected chi connectivity index (χ2v) is 9.19. The number of nitrogens with one attached hydrogen (secondary N) is 2. The zero-order valence-corrected chi connectivity index (χ0v) is 18.9. The van der Waals surface area contributed by atoms with E-state index < -0.39 is 0 Å². The molecule has 0 atom stereocenters. The Bertz CT molecular complexity index is 1100. The van der Waals surface area contributed by atoms with Gasteiger partial charge >= 0.3 is 0 Å². The van der Waals surface area contributed by atoms with Crippen LogP contribution in [0.25, 0.3) is 10.2 Å². The Labute approximate surface area is 186 Å². The van der Waals surface area contributed by atoms with Crippen LogP contribution in [0.4, 0.5) is 5.69 Å². The number of aromatic nitrogens is 2. The standard InChI is InChI=1S/C23H29N5O2S/c1-16-17(2)31-23-21(16)22(30)25-19(26-23)8-9-20(29)24-10-11-27-12-14-28(15-13-27)18-6-4-3-5-7-18/h3-7H,8-15H2,1-2H3,(H,24,29)(H,25,26,30). The Hall–Kier alpha value is -2.71. The van der Waals surface area contributed by atoms with Gasteiger partial charge in [0.2, 0.25) is 5.91 Å². The summed E-state index contributed by atoms with van der Waals surface area (Å²) in [5.41, 5.74) is 2.15. The molecule has 1 saturated heterocycles. The molecule has 0 radical (unpaired) electrons. The molecule has 3 aromatic rings. The van der Waals surface area contributed by atoms with Crippen molar-refractivity contribution in [1.82, 2.24) is 20.2 Å². The molecule has 1 amide bonds. The molecule has 31 heavy (non-hydrogen) atoms. The van der Waals surface area contributed by atoms with E-state index in [-0.39, 0.29) is 11.5 Å². The van der Waals surface area contributed by atoms with Crippen LogP contribution in [-0.2, 0) is 11.2 Å². The molecule has 7 nitrogen and oxygen atoms in total. The van der Waals surface area contributed by atoms with Gasteiger partial charge in [-0.1, -0.05) is 18.2 Å². The molecule has 0 unspecified atom stereocenters. The van der Waals surface area contributed by atoms with E-state index in [1.165, 1.54) is 17.0 Å². The molecule has 1 aliphatic heterocycles. The van der Waals surface area contributed by atoms with Gasteiger partial charge in [-0.2, -0.15) is 0 Å². The SMILES string of the molecule is Cc1sc2nc(CCC(=O)NCCN3CCN(c4ccccc4)CC3)[nH]c(=O)c2c1C. The lowest BCUT2D eigenvalue weighted by Gasteiger charge is -2.36. The highest BCUT2D eigenvalue weighted by molar-refractivity contribution is 7.18. The number of para-hydroxylation sites is 1. The van der Waals surface area contributed by atoms with Crippen molar-refractivity contribution < 1.29 is 4.79 Å². The molecule has 164 valence electrons. The second kappa shape index (κ2) is 9.62. The van der Waals surface area contributed by atoms with Crippen LogP contribution in [0.2, 0.25) is 0 Å². The third-order valence-corrected chi connectivity index (χ3v) is 7.02. The minimum absolute atomic E-state index is 0.00999. The molecule has 0 saturated carbocycles. The van der Waals surface area contributed by atoms with Gasteiger partial charge in [0.25, 0.3) is 5.56 Å². The number of carbonyl (C=O) groups is 1. The van der Waals surface area contributed by atoms with Crippen LogP contribution in [0.3, 0.4) is 0 Å². The van der Waals surface area contributed by atoms with Crippen molar-refractivity contribution >= 4 is 33.1 Å². The molecule has 3 heterocycles. The van der Waals surface area contributed by atoms with E-state index in [1.807, 2.05) is 19.9 Å². The van der Waals surface area contributed by atoms with Crippen molar-refractivity contribution in [3.63, 3.8) is 0 Å². The molecule has 0 bridgehead atoms.